The Kier molecular flexibility index (Phi) is 4.88. The summed E-state index contributed by atoms with van der Waals surface area (Å²) in [5.41, 5.74) is 5.50. The highest BCUT2D eigenvalue weighted by Crippen LogP contribution is 2.42. The molecule has 3 aromatic carbocycles. The van der Waals surface area contributed by atoms with Crippen LogP contribution in [0.5, 0.6) is 0 Å². The van der Waals surface area contributed by atoms with Crippen LogP contribution in [0.25, 0.3) is 38.1 Å². The molecule has 2 aromatic heterocycles. The summed E-state index contributed by atoms with van der Waals surface area (Å²) in [4.78, 5) is 0. The molecule has 7 rings (SSSR count). The Labute approximate surface area is 235 Å². The van der Waals surface area contributed by atoms with Crippen molar-refractivity contribution in [3.05, 3.63) is 41.5 Å². The highest BCUT2D eigenvalue weighted by Gasteiger charge is 2.45. The van der Waals surface area contributed by atoms with Crippen molar-refractivity contribution in [3.8, 4) is 12.1 Å². The molecule has 0 bridgehead atoms. The summed E-state index contributed by atoms with van der Waals surface area (Å²) in [6.07, 6.45) is 0. The lowest BCUT2D eigenvalue weighted by molar-refractivity contribution is 1.27. The second-order valence-corrected chi connectivity index (χ2v) is 34.0. The predicted octanol–water partition coefficient (Wildman–Crippen LogP) is 6.27. The Balaban J connectivity index is 1.80. The standard InChI is InChI=1S/C32H37N3Si4/c1-36(2)12-14-38(5,6)31-26-22-10-9-11-23-27-25(35(28(22)23)24(26)16-20(18-33)29(31)36)17-21(19-34)30-32(27)39(7,8)15-13-37(30,3)4/h9-11,16-17H,12-15H2,1-8H3. The third-order valence-corrected chi connectivity index (χ3v) is 25.5. The van der Waals surface area contributed by atoms with Gasteiger partial charge in [0.25, 0.3) is 0 Å². The lowest BCUT2D eigenvalue weighted by Gasteiger charge is -2.41. The SMILES string of the molecule is C[Si]1(C)CC[Si](C)(C)c2c1c(C#N)cc1c2c2cccc3c4c5c(c(C#N)cc4n1c23)[Si](C)(C)CC[Si]5(C)C. The zero-order valence-electron chi connectivity index (χ0n) is 24.6. The number of fused-ring (bicyclic) bond motifs is 10. The van der Waals surface area contributed by atoms with Gasteiger partial charge in [-0.2, -0.15) is 10.5 Å². The number of hydrogen-bond donors (Lipinski definition) is 0. The first kappa shape index (κ1) is 25.3. The fourth-order valence-electron chi connectivity index (χ4n) is 8.48. The summed E-state index contributed by atoms with van der Waals surface area (Å²) in [7, 11) is -6.96. The molecule has 0 radical (unpaired) electrons. The summed E-state index contributed by atoms with van der Waals surface area (Å²) in [5, 5.41) is 32.6. The molecule has 4 heterocycles. The first-order valence-corrected chi connectivity index (χ1v) is 27.3. The molecule has 0 fully saturated rings. The third-order valence-electron chi connectivity index (χ3n) is 10.6. The second kappa shape index (κ2) is 7.53. The zero-order valence-corrected chi connectivity index (χ0v) is 28.6. The maximum atomic E-state index is 10.5. The number of para-hydroxylation sites is 1. The fraction of sp³-hybridized carbons (Fsp3) is 0.375. The van der Waals surface area contributed by atoms with Gasteiger partial charge in [0.1, 0.15) is 0 Å². The number of aromatic nitrogens is 1. The van der Waals surface area contributed by atoms with Crippen molar-refractivity contribution in [1.82, 2.24) is 4.40 Å². The second-order valence-electron chi connectivity index (χ2n) is 14.9. The molecule has 2 aliphatic heterocycles. The molecule has 2 aliphatic rings. The van der Waals surface area contributed by atoms with Crippen LogP contribution in [-0.2, 0) is 0 Å². The summed E-state index contributed by atoms with van der Waals surface area (Å²) >= 11 is 0. The van der Waals surface area contributed by atoms with Gasteiger partial charge in [-0.05, 0) is 32.9 Å². The Morgan fingerprint density at radius 3 is 1.31 bits per heavy atom. The molecule has 39 heavy (non-hydrogen) atoms. The zero-order chi connectivity index (χ0) is 27.9. The van der Waals surface area contributed by atoms with Crippen LogP contribution < -0.4 is 20.7 Å². The van der Waals surface area contributed by atoms with E-state index in [1.54, 1.807) is 10.4 Å². The van der Waals surface area contributed by atoms with E-state index in [4.69, 9.17) is 0 Å². The summed E-state index contributed by atoms with van der Waals surface area (Å²) < 4.78 is 2.47. The first-order chi connectivity index (χ1) is 18.2. The lowest BCUT2D eigenvalue weighted by Crippen LogP contribution is -2.64. The topological polar surface area (TPSA) is 52.0 Å². The first-order valence-electron chi connectivity index (χ1n) is 14.4. The molecule has 3 nitrogen and oxygen atoms in total. The van der Waals surface area contributed by atoms with Gasteiger partial charge in [-0.15, -0.1) is 0 Å². The molecule has 196 valence electrons. The molecular formula is C32H37N3Si4. The van der Waals surface area contributed by atoms with Crippen LogP contribution in [0, 0.1) is 22.7 Å². The van der Waals surface area contributed by atoms with E-state index in [0.717, 1.165) is 11.1 Å². The van der Waals surface area contributed by atoms with Crippen LogP contribution in [0.1, 0.15) is 11.1 Å². The lowest BCUT2D eigenvalue weighted by atomic mass is 10.1. The predicted molar refractivity (Wildman–Crippen MR) is 178 cm³/mol. The van der Waals surface area contributed by atoms with Crippen molar-refractivity contribution in [3.63, 3.8) is 0 Å². The quantitative estimate of drug-likeness (QED) is 0.204. The van der Waals surface area contributed by atoms with Gasteiger partial charge in [0.2, 0.25) is 0 Å². The van der Waals surface area contributed by atoms with Gasteiger partial charge in [0.05, 0.1) is 72.1 Å². The molecule has 0 aliphatic carbocycles. The van der Waals surface area contributed by atoms with Crippen LogP contribution in [0.4, 0.5) is 0 Å². The Bertz CT molecular complexity index is 1860. The largest absolute Gasteiger partial charge is 0.308 e. The molecule has 0 saturated carbocycles. The minimum Gasteiger partial charge on any atom is -0.308 e. The van der Waals surface area contributed by atoms with Gasteiger partial charge >= 0.3 is 0 Å². The summed E-state index contributed by atoms with van der Waals surface area (Å²) in [6.45, 7) is 20.0. The minimum atomic E-state index is -1.75. The fourth-order valence-corrected chi connectivity index (χ4v) is 30.4. The average molecular weight is 576 g/mol. The molecule has 0 unspecified atom stereocenters. The van der Waals surface area contributed by atoms with E-state index in [9.17, 15) is 10.5 Å². The van der Waals surface area contributed by atoms with E-state index in [2.05, 4.69) is 99.2 Å². The number of nitrogens with zero attached hydrogens (tertiary/aromatic N) is 3. The van der Waals surface area contributed by atoms with Crippen LogP contribution >= 0.6 is 0 Å². The van der Waals surface area contributed by atoms with E-state index < -0.39 is 32.3 Å². The molecule has 7 heteroatoms. The van der Waals surface area contributed by atoms with E-state index in [0.29, 0.717) is 0 Å². The molecule has 0 N–H and O–H groups in total. The number of benzene rings is 3. The van der Waals surface area contributed by atoms with Gasteiger partial charge in [-0.25, -0.2) is 0 Å². The van der Waals surface area contributed by atoms with Crippen molar-refractivity contribution in [2.45, 2.75) is 76.6 Å². The average Bonchev–Trinajstić information content (AvgIpc) is 3.39. The van der Waals surface area contributed by atoms with Gasteiger partial charge in [0, 0.05) is 21.5 Å². The maximum Gasteiger partial charge on any atom is 0.0991 e. The molecule has 0 saturated heterocycles. The van der Waals surface area contributed by atoms with Crippen LogP contribution in [0.15, 0.2) is 30.3 Å². The van der Waals surface area contributed by atoms with E-state index in [1.807, 2.05) is 0 Å². The molecule has 0 spiro atoms. The van der Waals surface area contributed by atoms with E-state index in [-0.39, 0.29) is 0 Å². The smallest absolute Gasteiger partial charge is 0.0991 e. The molecule has 0 amide bonds. The van der Waals surface area contributed by atoms with Gasteiger partial charge in [-0.3, -0.25) is 0 Å². The summed E-state index contributed by atoms with van der Waals surface area (Å²) in [6, 6.07) is 21.9. The Morgan fingerprint density at radius 2 is 0.949 bits per heavy atom. The van der Waals surface area contributed by atoms with Crippen molar-refractivity contribution < 1.29 is 0 Å². The van der Waals surface area contributed by atoms with Crippen molar-refractivity contribution in [2.24, 2.45) is 0 Å². The molecule has 0 atom stereocenters. The number of hydrogen-bond acceptors (Lipinski definition) is 2. The van der Waals surface area contributed by atoms with Crippen molar-refractivity contribution >= 4 is 91.1 Å². The van der Waals surface area contributed by atoms with Gasteiger partial charge in [0.15, 0.2) is 0 Å². The number of nitriles is 2. The monoisotopic (exact) mass is 575 g/mol. The van der Waals surface area contributed by atoms with Crippen LogP contribution in [0.3, 0.4) is 0 Å². The maximum absolute atomic E-state index is 10.5. The minimum absolute atomic E-state index is 0.908. The van der Waals surface area contributed by atoms with Gasteiger partial charge < -0.3 is 4.40 Å². The van der Waals surface area contributed by atoms with Crippen LogP contribution in [0.2, 0.25) is 76.6 Å². The highest BCUT2D eigenvalue weighted by atomic mass is 28.3. The Morgan fingerprint density at radius 1 is 0.590 bits per heavy atom. The Hall–Kier alpha value is -2.69. The molecule has 5 aromatic rings. The van der Waals surface area contributed by atoms with Crippen molar-refractivity contribution in [1.29, 1.82) is 10.5 Å². The third kappa shape index (κ3) is 3.05. The molecular weight excluding hydrogens is 539 g/mol. The summed E-state index contributed by atoms with van der Waals surface area (Å²) in [5.74, 6) is 0. The normalized spacial score (nSPS) is 20.7. The number of rotatable bonds is 0. The highest BCUT2D eigenvalue weighted by molar-refractivity contribution is 7.06. The van der Waals surface area contributed by atoms with E-state index >= 15 is 0 Å². The van der Waals surface area contributed by atoms with Crippen molar-refractivity contribution in [2.75, 3.05) is 0 Å². The van der Waals surface area contributed by atoms with Gasteiger partial charge in [-0.1, -0.05) is 94.8 Å². The van der Waals surface area contributed by atoms with Crippen LogP contribution in [-0.4, -0.2) is 36.7 Å². The van der Waals surface area contributed by atoms with E-state index in [1.165, 1.54) is 72.6 Å².